The molecule has 0 saturated carbocycles. The lowest BCUT2D eigenvalue weighted by atomic mass is 10.1. The highest BCUT2D eigenvalue weighted by Gasteiger charge is 1.88. The molecule has 0 unspecified atom stereocenters. The first kappa shape index (κ1) is 10.8. The highest BCUT2D eigenvalue weighted by Crippen LogP contribution is 2.07. The highest BCUT2D eigenvalue weighted by molar-refractivity contribution is 5.42. The van der Waals surface area contributed by atoms with Crippen LogP contribution in [0.4, 0.5) is 0 Å². The number of nitrogens with one attached hydrogen (secondary N) is 1. The number of hydrogen-bond donors (Lipinski definition) is 1. The van der Waals surface area contributed by atoms with Crippen molar-refractivity contribution in [1.82, 2.24) is 5.32 Å². The van der Waals surface area contributed by atoms with Crippen molar-refractivity contribution in [2.75, 3.05) is 7.05 Å². The predicted octanol–water partition coefficient (Wildman–Crippen LogP) is 2.80. The van der Waals surface area contributed by atoms with E-state index in [9.17, 15) is 0 Å². The van der Waals surface area contributed by atoms with Crippen LogP contribution >= 0.6 is 0 Å². The van der Waals surface area contributed by atoms with Crippen LogP contribution in [0.25, 0.3) is 0 Å². The predicted molar refractivity (Wildman–Crippen MR) is 55.9 cm³/mol. The van der Waals surface area contributed by atoms with Crippen molar-refractivity contribution in [3.63, 3.8) is 0 Å². The maximum atomic E-state index is 3.88. The largest absolute Gasteiger partial charge is 0.394 e. The van der Waals surface area contributed by atoms with Crippen molar-refractivity contribution in [1.29, 1.82) is 0 Å². The maximum absolute atomic E-state index is 3.88. The van der Waals surface area contributed by atoms with Gasteiger partial charge in [-0.25, -0.2) is 0 Å². The summed E-state index contributed by atoms with van der Waals surface area (Å²) in [5, 5.41) is 2.90. The Hall–Kier alpha value is -1.24. The minimum absolute atomic E-state index is 0.939. The Bertz CT molecular complexity index is 185. The van der Waals surface area contributed by atoms with Crippen LogP contribution in [-0.4, -0.2) is 7.05 Å². The smallest absolute Gasteiger partial charge is 0.00277 e. The molecule has 0 aromatic rings. The second-order valence-electron chi connectivity index (χ2n) is 2.48. The van der Waals surface area contributed by atoms with E-state index >= 15 is 0 Å². The molecule has 0 aromatic heterocycles. The fraction of sp³-hybridized carbons (Fsp3) is 0.273. The Morgan fingerprint density at radius 2 is 1.83 bits per heavy atom. The second kappa shape index (κ2) is 6.47. The minimum atomic E-state index is 0.939. The van der Waals surface area contributed by atoms with E-state index in [1.54, 1.807) is 0 Å². The third-order valence-corrected chi connectivity index (χ3v) is 1.42. The first-order valence-electron chi connectivity index (χ1n) is 4.11. The fourth-order valence-corrected chi connectivity index (χ4v) is 0.658. The van der Waals surface area contributed by atoms with Crippen LogP contribution in [0.1, 0.15) is 13.3 Å². The van der Waals surface area contributed by atoms with Gasteiger partial charge in [-0.2, -0.15) is 0 Å². The van der Waals surface area contributed by atoms with Crippen molar-refractivity contribution < 1.29 is 0 Å². The molecule has 1 N–H and O–H groups in total. The summed E-state index contributed by atoms with van der Waals surface area (Å²) in [6.07, 6.45) is 8.83. The van der Waals surface area contributed by atoms with Gasteiger partial charge in [0, 0.05) is 7.05 Å². The lowest BCUT2D eigenvalue weighted by molar-refractivity contribution is 1.10. The van der Waals surface area contributed by atoms with Crippen molar-refractivity contribution >= 4 is 0 Å². The lowest BCUT2D eigenvalue weighted by Gasteiger charge is -1.97. The van der Waals surface area contributed by atoms with Crippen LogP contribution in [0.5, 0.6) is 0 Å². The van der Waals surface area contributed by atoms with Gasteiger partial charge in [0.15, 0.2) is 0 Å². The summed E-state index contributed by atoms with van der Waals surface area (Å²) in [6.45, 7) is 9.84. The zero-order valence-corrected chi connectivity index (χ0v) is 7.93. The maximum Gasteiger partial charge on any atom is 0.00277 e. The van der Waals surface area contributed by atoms with Crippen LogP contribution in [-0.2, 0) is 0 Å². The van der Waals surface area contributed by atoms with Crippen LogP contribution < -0.4 is 5.32 Å². The first-order valence-corrected chi connectivity index (χ1v) is 4.11. The van der Waals surface area contributed by atoms with Gasteiger partial charge >= 0.3 is 0 Å². The van der Waals surface area contributed by atoms with Crippen molar-refractivity contribution in [2.24, 2.45) is 0 Å². The van der Waals surface area contributed by atoms with E-state index in [0.29, 0.717) is 0 Å². The average Bonchev–Trinajstić information content (AvgIpc) is 2.10. The average molecular weight is 163 g/mol. The van der Waals surface area contributed by atoms with E-state index in [1.807, 2.05) is 25.4 Å². The zero-order chi connectivity index (χ0) is 9.40. The third kappa shape index (κ3) is 4.56. The quantitative estimate of drug-likeness (QED) is 0.614. The van der Waals surface area contributed by atoms with Gasteiger partial charge in [0.05, 0.1) is 0 Å². The highest BCUT2D eigenvalue weighted by atomic mass is 14.8. The summed E-state index contributed by atoms with van der Waals surface area (Å²) in [7, 11) is 1.86. The molecule has 0 aliphatic rings. The molecule has 0 amide bonds. The van der Waals surface area contributed by atoms with Gasteiger partial charge in [-0.05, 0) is 29.8 Å². The molecular formula is C11H17N. The Labute approximate surface area is 75.2 Å². The summed E-state index contributed by atoms with van der Waals surface area (Å²) in [4.78, 5) is 0. The molecule has 0 spiro atoms. The standard InChI is InChI=1S/C11H17N/c1-5-6-7-10(2)11(3)8-9-12-4/h6-9,12H,2-3,5H2,1,4H3/b7-6-,9-8-. The van der Waals surface area contributed by atoms with Crippen LogP contribution in [0.15, 0.2) is 48.7 Å². The molecule has 0 atom stereocenters. The molecule has 0 radical (unpaired) electrons. The first-order chi connectivity index (χ1) is 5.72. The monoisotopic (exact) mass is 163 g/mol. The zero-order valence-electron chi connectivity index (χ0n) is 7.93. The van der Waals surface area contributed by atoms with Gasteiger partial charge in [0.2, 0.25) is 0 Å². The number of hydrogen-bond acceptors (Lipinski definition) is 1. The third-order valence-electron chi connectivity index (χ3n) is 1.42. The Morgan fingerprint density at radius 3 is 2.33 bits per heavy atom. The summed E-state index contributed by atoms with van der Waals surface area (Å²) >= 11 is 0. The summed E-state index contributed by atoms with van der Waals surface area (Å²) < 4.78 is 0. The number of rotatable bonds is 5. The lowest BCUT2D eigenvalue weighted by Crippen LogP contribution is -1.91. The van der Waals surface area contributed by atoms with Gasteiger partial charge in [-0.1, -0.05) is 32.2 Å². The van der Waals surface area contributed by atoms with Crippen LogP contribution in [0, 0.1) is 0 Å². The molecule has 12 heavy (non-hydrogen) atoms. The second-order valence-corrected chi connectivity index (χ2v) is 2.48. The van der Waals surface area contributed by atoms with Gasteiger partial charge < -0.3 is 5.32 Å². The molecule has 0 aliphatic heterocycles. The van der Waals surface area contributed by atoms with Gasteiger partial charge in [-0.15, -0.1) is 0 Å². The normalized spacial score (nSPS) is 10.8. The minimum Gasteiger partial charge on any atom is -0.394 e. The molecule has 0 fully saturated rings. The Balaban J connectivity index is 4.02. The summed E-state index contributed by atoms with van der Waals surface area (Å²) in [5.74, 6) is 0. The Morgan fingerprint density at radius 1 is 1.25 bits per heavy atom. The van der Waals surface area contributed by atoms with E-state index in [1.165, 1.54) is 0 Å². The molecule has 0 rings (SSSR count). The van der Waals surface area contributed by atoms with E-state index in [0.717, 1.165) is 17.6 Å². The fourth-order valence-electron chi connectivity index (χ4n) is 0.658. The van der Waals surface area contributed by atoms with E-state index < -0.39 is 0 Å². The topological polar surface area (TPSA) is 12.0 Å². The Kier molecular flexibility index (Phi) is 5.80. The molecular weight excluding hydrogens is 146 g/mol. The van der Waals surface area contributed by atoms with Crippen molar-refractivity contribution in [2.45, 2.75) is 13.3 Å². The SMILES string of the molecule is C=C(/C=C\CC)C(=C)/C=C\NC. The molecule has 0 heterocycles. The molecule has 1 nitrogen and oxygen atoms in total. The molecule has 0 saturated heterocycles. The molecule has 66 valence electrons. The molecule has 0 aliphatic carbocycles. The molecule has 0 aromatic carbocycles. The molecule has 1 heteroatoms. The van der Waals surface area contributed by atoms with Gasteiger partial charge in [0.25, 0.3) is 0 Å². The summed E-state index contributed by atoms with van der Waals surface area (Å²) in [5.41, 5.74) is 1.90. The van der Waals surface area contributed by atoms with E-state index in [2.05, 4.69) is 31.5 Å². The van der Waals surface area contributed by atoms with Gasteiger partial charge in [-0.3, -0.25) is 0 Å². The van der Waals surface area contributed by atoms with E-state index in [4.69, 9.17) is 0 Å². The van der Waals surface area contributed by atoms with Crippen LogP contribution in [0.2, 0.25) is 0 Å². The molecule has 0 bridgehead atoms. The van der Waals surface area contributed by atoms with Crippen LogP contribution in [0.3, 0.4) is 0 Å². The van der Waals surface area contributed by atoms with Gasteiger partial charge in [0.1, 0.15) is 0 Å². The summed E-state index contributed by atoms with van der Waals surface area (Å²) in [6, 6.07) is 0. The number of allylic oxidation sites excluding steroid dienone is 5. The van der Waals surface area contributed by atoms with Crippen molar-refractivity contribution in [3.05, 3.63) is 48.7 Å². The van der Waals surface area contributed by atoms with Crippen molar-refractivity contribution in [3.8, 4) is 0 Å². The van der Waals surface area contributed by atoms with E-state index in [-0.39, 0.29) is 0 Å².